The first-order valence-electron chi connectivity index (χ1n) is 7.65. The standard InChI is InChI=1S/C18H11Br3N4O3/c19-11-5-14(20)17(15(21)6-11)28-13-7-16(18(23-9-13)25(26)27)24-12-3-1-10(8-22)2-4-12/h1-7,9,24,26-27H. The maximum absolute atomic E-state index is 9.45. The van der Waals surface area contributed by atoms with Gasteiger partial charge in [0, 0.05) is 16.2 Å². The van der Waals surface area contributed by atoms with Crippen LogP contribution >= 0.6 is 47.8 Å². The summed E-state index contributed by atoms with van der Waals surface area (Å²) in [5.74, 6) is 0.781. The fraction of sp³-hybridized carbons (Fsp3) is 0. The van der Waals surface area contributed by atoms with E-state index in [4.69, 9.17) is 10.00 Å². The Bertz CT molecular complexity index is 1030. The maximum atomic E-state index is 9.45. The number of anilines is 3. The van der Waals surface area contributed by atoms with Gasteiger partial charge in [-0.25, -0.2) is 4.98 Å². The first kappa shape index (κ1) is 20.6. The number of hydrogen-bond donors (Lipinski definition) is 3. The first-order chi connectivity index (χ1) is 13.4. The molecule has 2 aromatic carbocycles. The van der Waals surface area contributed by atoms with Crippen molar-refractivity contribution in [1.29, 1.82) is 5.26 Å². The largest absolute Gasteiger partial charge is 0.453 e. The fourth-order valence-electron chi connectivity index (χ4n) is 2.27. The van der Waals surface area contributed by atoms with E-state index in [1.807, 2.05) is 18.2 Å². The molecule has 3 N–H and O–H groups in total. The number of ether oxygens (including phenoxy) is 1. The Morgan fingerprint density at radius 2 is 1.68 bits per heavy atom. The van der Waals surface area contributed by atoms with E-state index >= 15 is 0 Å². The van der Waals surface area contributed by atoms with Crippen molar-refractivity contribution >= 4 is 65.0 Å². The number of hydrogen-bond acceptors (Lipinski definition) is 7. The smallest absolute Gasteiger partial charge is 0.207 e. The lowest BCUT2D eigenvalue weighted by atomic mass is 10.2. The third-order valence-corrected chi connectivity index (χ3v) is 5.14. The molecule has 0 unspecified atom stereocenters. The molecule has 3 rings (SSSR count). The molecule has 0 aliphatic carbocycles. The molecule has 0 fully saturated rings. The Morgan fingerprint density at radius 3 is 2.25 bits per heavy atom. The van der Waals surface area contributed by atoms with Gasteiger partial charge in [0.15, 0.2) is 5.75 Å². The molecule has 28 heavy (non-hydrogen) atoms. The Morgan fingerprint density at radius 1 is 1.04 bits per heavy atom. The number of halogens is 3. The van der Waals surface area contributed by atoms with Crippen LogP contribution in [0.5, 0.6) is 11.5 Å². The molecule has 1 aromatic heterocycles. The van der Waals surface area contributed by atoms with Crippen LogP contribution in [0.3, 0.4) is 0 Å². The fourth-order valence-corrected chi connectivity index (χ4v) is 4.69. The SMILES string of the molecule is N#Cc1ccc(Nc2cc(Oc3c(Br)cc(Br)cc3Br)cnc2N(O)O)cc1. The van der Waals surface area contributed by atoms with Gasteiger partial charge in [-0.15, -0.1) is 5.23 Å². The first-order valence-corrected chi connectivity index (χ1v) is 10.0. The van der Waals surface area contributed by atoms with Crippen molar-refractivity contribution in [2.75, 3.05) is 10.5 Å². The van der Waals surface area contributed by atoms with E-state index < -0.39 is 0 Å². The van der Waals surface area contributed by atoms with Gasteiger partial charge in [-0.1, -0.05) is 15.9 Å². The highest BCUT2D eigenvalue weighted by atomic mass is 79.9. The van der Waals surface area contributed by atoms with Crippen LogP contribution in [0.15, 0.2) is 62.1 Å². The average molecular weight is 571 g/mol. The Labute approximate surface area is 185 Å². The maximum Gasteiger partial charge on any atom is 0.207 e. The van der Waals surface area contributed by atoms with Crippen molar-refractivity contribution in [2.45, 2.75) is 0 Å². The third kappa shape index (κ3) is 4.81. The van der Waals surface area contributed by atoms with Crippen LogP contribution < -0.4 is 15.3 Å². The molecule has 0 saturated carbocycles. The number of nitrogens with one attached hydrogen (secondary N) is 1. The van der Waals surface area contributed by atoms with E-state index in [2.05, 4.69) is 58.1 Å². The van der Waals surface area contributed by atoms with Gasteiger partial charge in [0.1, 0.15) is 5.75 Å². The number of aromatic nitrogens is 1. The lowest BCUT2D eigenvalue weighted by Crippen LogP contribution is -2.14. The summed E-state index contributed by atoms with van der Waals surface area (Å²) < 4.78 is 8.20. The van der Waals surface area contributed by atoms with Crippen LogP contribution in [0, 0.1) is 11.3 Å². The van der Waals surface area contributed by atoms with Crippen LogP contribution in [0.25, 0.3) is 0 Å². The molecule has 142 valence electrons. The van der Waals surface area contributed by atoms with E-state index in [-0.39, 0.29) is 16.7 Å². The summed E-state index contributed by atoms with van der Waals surface area (Å²) in [6.45, 7) is 0. The summed E-state index contributed by atoms with van der Waals surface area (Å²) in [7, 11) is 0. The molecule has 0 amide bonds. The molecule has 0 radical (unpaired) electrons. The molecule has 0 aliphatic rings. The van der Waals surface area contributed by atoms with Crippen LogP contribution in [-0.2, 0) is 0 Å². The average Bonchev–Trinajstić information content (AvgIpc) is 2.65. The highest BCUT2D eigenvalue weighted by Gasteiger charge is 2.15. The van der Waals surface area contributed by atoms with Gasteiger partial charge < -0.3 is 10.1 Å². The zero-order chi connectivity index (χ0) is 20.3. The van der Waals surface area contributed by atoms with Crippen molar-refractivity contribution < 1.29 is 15.2 Å². The van der Waals surface area contributed by atoms with E-state index in [0.717, 1.165) is 4.47 Å². The zero-order valence-corrected chi connectivity index (χ0v) is 18.7. The van der Waals surface area contributed by atoms with Gasteiger partial charge in [-0.3, -0.25) is 10.4 Å². The minimum Gasteiger partial charge on any atom is -0.453 e. The second kappa shape index (κ2) is 8.89. The van der Waals surface area contributed by atoms with Gasteiger partial charge in [-0.05, 0) is 68.3 Å². The molecule has 1 heterocycles. The quantitative estimate of drug-likeness (QED) is 0.307. The van der Waals surface area contributed by atoms with Crippen molar-refractivity contribution in [3.63, 3.8) is 0 Å². The van der Waals surface area contributed by atoms with Crippen molar-refractivity contribution in [2.24, 2.45) is 0 Å². The predicted molar refractivity (Wildman–Crippen MR) is 114 cm³/mol. The number of rotatable bonds is 5. The van der Waals surface area contributed by atoms with Gasteiger partial charge in [0.25, 0.3) is 0 Å². The zero-order valence-electron chi connectivity index (χ0n) is 13.9. The van der Waals surface area contributed by atoms with E-state index in [0.29, 0.717) is 31.7 Å². The molecule has 0 spiro atoms. The molecule has 10 heteroatoms. The summed E-state index contributed by atoms with van der Waals surface area (Å²) in [6, 6.07) is 13.9. The molecule has 0 atom stereocenters. The molecular weight excluding hydrogens is 560 g/mol. The van der Waals surface area contributed by atoms with Gasteiger partial charge in [0.2, 0.25) is 5.82 Å². The monoisotopic (exact) mass is 568 g/mol. The lowest BCUT2D eigenvalue weighted by Gasteiger charge is -2.16. The van der Waals surface area contributed by atoms with Gasteiger partial charge >= 0.3 is 0 Å². The molecule has 0 saturated heterocycles. The van der Waals surface area contributed by atoms with Crippen LogP contribution in [0.2, 0.25) is 0 Å². The lowest BCUT2D eigenvalue weighted by molar-refractivity contribution is 0.0272. The number of nitrogens with zero attached hydrogens (tertiary/aromatic N) is 3. The number of benzene rings is 2. The minimum absolute atomic E-state index is 0.0821. The Hall–Kier alpha value is -2.16. The summed E-state index contributed by atoms with van der Waals surface area (Å²) in [5.41, 5.74) is 1.43. The molecule has 0 bridgehead atoms. The molecule has 3 aromatic rings. The van der Waals surface area contributed by atoms with E-state index in [1.54, 1.807) is 30.3 Å². The normalized spacial score (nSPS) is 10.3. The third-order valence-electron chi connectivity index (χ3n) is 3.51. The highest BCUT2D eigenvalue weighted by Crippen LogP contribution is 2.40. The van der Waals surface area contributed by atoms with Gasteiger partial charge in [-0.2, -0.15) is 5.26 Å². The minimum atomic E-state index is -0.120. The van der Waals surface area contributed by atoms with E-state index in [1.165, 1.54) is 6.20 Å². The second-order valence-corrected chi connectivity index (χ2v) is 8.07. The predicted octanol–water partition coefficient (Wildman–Crippen LogP) is 6.36. The van der Waals surface area contributed by atoms with Crippen molar-refractivity contribution in [3.05, 3.63) is 67.6 Å². The number of nitriles is 1. The van der Waals surface area contributed by atoms with Crippen molar-refractivity contribution in [3.8, 4) is 17.6 Å². The highest BCUT2D eigenvalue weighted by molar-refractivity contribution is 9.11. The van der Waals surface area contributed by atoms with Gasteiger partial charge in [0.05, 0.1) is 32.5 Å². The summed E-state index contributed by atoms with van der Waals surface area (Å²) in [4.78, 5) is 4.03. The number of pyridine rings is 1. The molecule has 7 nitrogen and oxygen atoms in total. The Balaban J connectivity index is 1.94. The Kier molecular flexibility index (Phi) is 6.53. The second-order valence-electron chi connectivity index (χ2n) is 5.45. The summed E-state index contributed by atoms with van der Waals surface area (Å²) >= 11 is 10.3. The topological polar surface area (TPSA) is 102 Å². The van der Waals surface area contributed by atoms with E-state index in [9.17, 15) is 10.4 Å². The van der Waals surface area contributed by atoms with Crippen LogP contribution in [0.1, 0.15) is 5.56 Å². The van der Waals surface area contributed by atoms with Crippen LogP contribution in [-0.4, -0.2) is 15.4 Å². The van der Waals surface area contributed by atoms with Crippen LogP contribution in [0.4, 0.5) is 17.2 Å². The summed E-state index contributed by atoms with van der Waals surface area (Å²) in [6.07, 6.45) is 1.36. The molecule has 0 aliphatic heterocycles. The van der Waals surface area contributed by atoms with Crippen molar-refractivity contribution in [1.82, 2.24) is 4.98 Å². The summed E-state index contributed by atoms with van der Waals surface area (Å²) in [5, 5.41) is 30.7. The molecular formula is C18H11Br3N4O3.